The van der Waals surface area contributed by atoms with E-state index in [0.29, 0.717) is 0 Å². The van der Waals surface area contributed by atoms with Crippen LogP contribution < -0.4 is 10.1 Å². The highest BCUT2D eigenvalue weighted by molar-refractivity contribution is 9.10. The molecule has 110 valence electrons. The predicted octanol–water partition coefficient (Wildman–Crippen LogP) is 3.67. The first kappa shape index (κ1) is 14.6. The molecule has 1 aromatic carbocycles. The van der Waals surface area contributed by atoms with Crippen LogP contribution >= 0.6 is 27.3 Å². The minimum absolute atomic E-state index is 0.219. The van der Waals surface area contributed by atoms with Gasteiger partial charge in [0.1, 0.15) is 5.75 Å². The number of halogens is 1. The third kappa shape index (κ3) is 2.97. The summed E-state index contributed by atoms with van der Waals surface area (Å²) in [6.07, 6.45) is 4.98. The number of ether oxygens (including phenoxy) is 1. The Balaban J connectivity index is 1.84. The van der Waals surface area contributed by atoms with Crippen LogP contribution in [0.15, 0.2) is 40.4 Å². The molecule has 4 nitrogen and oxygen atoms in total. The highest BCUT2D eigenvalue weighted by atomic mass is 79.9. The van der Waals surface area contributed by atoms with Crippen molar-refractivity contribution in [1.82, 2.24) is 14.7 Å². The van der Waals surface area contributed by atoms with E-state index in [0.717, 1.165) is 27.3 Å². The Hall–Kier alpha value is -1.37. The molecule has 6 heteroatoms. The molecule has 0 bridgehead atoms. The number of imidazole rings is 1. The fourth-order valence-electron chi connectivity index (χ4n) is 2.37. The predicted molar refractivity (Wildman–Crippen MR) is 89.3 cm³/mol. The summed E-state index contributed by atoms with van der Waals surface area (Å²) < 4.78 is 8.31. The Morgan fingerprint density at radius 2 is 2.33 bits per heavy atom. The number of aromatic nitrogens is 2. The van der Waals surface area contributed by atoms with Crippen molar-refractivity contribution in [2.75, 3.05) is 14.2 Å². The molecule has 0 saturated heterocycles. The topological polar surface area (TPSA) is 38.6 Å². The maximum Gasteiger partial charge on any atom is 0.193 e. The van der Waals surface area contributed by atoms with Gasteiger partial charge in [0.25, 0.3) is 0 Å². The second-order valence-corrected chi connectivity index (χ2v) is 6.49. The molecule has 1 unspecified atom stereocenters. The molecule has 2 aromatic heterocycles. The Morgan fingerprint density at radius 3 is 3.00 bits per heavy atom. The molecule has 0 saturated carbocycles. The van der Waals surface area contributed by atoms with Crippen molar-refractivity contribution in [1.29, 1.82) is 0 Å². The smallest absolute Gasteiger partial charge is 0.193 e. The second kappa shape index (κ2) is 6.17. The monoisotopic (exact) mass is 365 g/mol. The number of hydrogen-bond donors (Lipinski definition) is 1. The molecule has 1 atom stereocenters. The van der Waals surface area contributed by atoms with Crippen LogP contribution in [0.1, 0.15) is 17.3 Å². The number of methoxy groups -OCH3 is 1. The quantitative estimate of drug-likeness (QED) is 0.749. The van der Waals surface area contributed by atoms with Crippen molar-refractivity contribution in [3.8, 4) is 5.75 Å². The van der Waals surface area contributed by atoms with Crippen LogP contribution in [0.4, 0.5) is 0 Å². The molecular weight excluding hydrogens is 350 g/mol. The standard InChI is InChI=1S/C15H16BrN3OS/c1-17-13(10-3-4-14(20-2)12(16)7-10)8-11-9-19-5-6-21-15(19)18-11/h3-7,9,13,17H,8H2,1-2H3. The molecule has 2 heterocycles. The van der Waals surface area contributed by atoms with Crippen LogP contribution in [-0.2, 0) is 6.42 Å². The molecule has 0 amide bonds. The largest absolute Gasteiger partial charge is 0.496 e. The Labute approximate surface area is 135 Å². The number of hydrogen-bond acceptors (Lipinski definition) is 4. The minimum Gasteiger partial charge on any atom is -0.496 e. The van der Waals surface area contributed by atoms with Gasteiger partial charge in [-0.15, -0.1) is 11.3 Å². The van der Waals surface area contributed by atoms with Crippen LogP contribution in [0.2, 0.25) is 0 Å². The molecule has 0 fully saturated rings. The summed E-state index contributed by atoms with van der Waals surface area (Å²) in [5.41, 5.74) is 2.30. The number of rotatable bonds is 5. The maximum atomic E-state index is 5.28. The molecule has 21 heavy (non-hydrogen) atoms. The van der Waals surface area contributed by atoms with Crippen molar-refractivity contribution in [2.45, 2.75) is 12.5 Å². The number of thiazole rings is 1. The molecule has 0 aliphatic carbocycles. The van der Waals surface area contributed by atoms with E-state index in [4.69, 9.17) is 4.74 Å². The average molecular weight is 366 g/mol. The zero-order chi connectivity index (χ0) is 14.8. The first-order valence-corrected chi connectivity index (χ1v) is 8.30. The van der Waals surface area contributed by atoms with Gasteiger partial charge in [-0.1, -0.05) is 6.07 Å². The third-order valence-corrected chi connectivity index (χ3v) is 4.87. The zero-order valence-electron chi connectivity index (χ0n) is 11.8. The average Bonchev–Trinajstić information content (AvgIpc) is 3.05. The van der Waals surface area contributed by atoms with Gasteiger partial charge in [-0.3, -0.25) is 4.40 Å². The third-order valence-electron chi connectivity index (χ3n) is 3.48. The molecular formula is C15H16BrN3OS. The van der Waals surface area contributed by atoms with Gasteiger partial charge in [0.2, 0.25) is 0 Å². The Kier molecular flexibility index (Phi) is 4.28. The first-order chi connectivity index (χ1) is 10.2. The van der Waals surface area contributed by atoms with E-state index in [1.165, 1.54) is 5.56 Å². The van der Waals surface area contributed by atoms with Crippen molar-refractivity contribution in [2.24, 2.45) is 0 Å². The van der Waals surface area contributed by atoms with Crippen molar-refractivity contribution < 1.29 is 4.74 Å². The molecule has 0 spiro atoms. The SMILES string of the molecule is CNC(Cc1cn2ccsc2n1)c1ccc(OC)c(Br)c1. The molecule has 0 aliphatic heterocycles. The van der Waals surface area contributed by atoms with Gasteiger partial charge in [-0.2, -0.15) is 0 Å². The van der Waals surface area contributed by atoms with Crippen molar-refractivity contribution >= 4 is 32.2 Å². The first-order valence-electron chi connectivity index (χ1n) is 6.63. The summed E-state index contributed by atoms with van der Waals surface area (Å²) >= 11 is 5.19. The van der Waals surface area contributed by atoms with E-state index < -0.39 is 0 Å². The molecule has 0 radical (unpaired) electrons. The summed E-state index contributed by atoms with van der Waals surface area (Å²) in [7, 11) is 3.65. The van der Waals surface area contributed by atoms with Gasteiger partial charge in [0, 0.05) is 30.2 Å². The summed E-state index contributed by atoms with van der Waals surface area (Å²) in [4.78, 5) is 5.68. The van der Waals surface area contributed by atoms with E-state index in [1.807, 2.05) is 24.7 Å². The molecule has 0 aliphatic rings. The zero-order valence-corrected chi connectivity index (χ0v) is 14.2. The lowest BCUT2D eigenvalue weighted by molar-refractivity contribution is 0.411. The Morgan fingerprint density at radius 1 is 1.48 bits per heavy atom. The van der Waals surface area contributed by atoms with Crippen LogP contribution in [0, 0.1) is 0 Å². The van der Waals surface area contributed by atoms with E-state index in [-0.39, 0.29) is 6.04 Å². The van der Waals surface area contributed by atoms with Gasteiger partial charge < -0.3 is 10.1 Å². The summed E-state index contributed by atoms with van der Waals surface area (Å²) in [6.45, 7) is 0. The van der Waals surface area contributed by atoms with E-state index in [2.05, 4.69) is 49.0 Å². The number of fused-ring (bicyclic) bond motifs is 1. The van der Waals surface area contributed by atoms with Gasteiger partial charge in [0.05, 0.1) is 17.3 Å². The maximum absolute atomic E-state index is 5.28. The lowest BCUT2D eigenvalue weighted by Crippen LogP contribution is -2.19. The lowest BCUT2D eigenvalue weighted by Gasteiger charge is -2.16. The van der Waals surface area contributed by atoms with E-state index >= 15 is 0 Å². The Bertz CT molecular complexity index is 724. The molecule has 3 aromatic rings. The number of benzene rings is 1. The summed E-state index contributed by atoms with van der Waals surface area (Å²) in [5.74, 6) is 0.844. The van der Waals surface area contributed by atoms with Crippen LogP contribution in [0.3, 0.4) is 0 Å². The van der Waals surface area contributed by atoms with E-state index in [1.54, 1.807) is 18.4 Å². The minimum atomic E-state index is 0.219. The van der Waals surface area contributed by atoms with Crippen molar-refractivity contribution in [3.63, 3.8) is 0 Å². The molecule has 1 N–H and O–H groups in total. The van der Waals surface area contributed by atoms with Crippen LogP contribution in [0.5, 0.6) is 5.75 Å². The van der Waals surface area contributed by atoms with Crippen molar-refractivity contribution in [3.05, 3.63) is 51.7 Å². The number of nitrogens with zero attached hydrogens (tertiary/aromatic N) is 2. The van der Waals surface area contributed by atoms with E-state index in [9.17, 15) is 0 Å². The highest BCUT2D eigenvalue weighted by Crippen LogP contribution is 2.29. The van der Waals surface area contributed by atoms with Crippen LogP contribution in [-0.4, -0.2) is 23.5 Å². The lowest BCUT2D eigenvalue weighted by atomic mass is 10.0. The van der Waals surface area contributed by atoms with Crippen LogP contribution in [0.25, 0.3) is 4.96 Å². The van der Waals surface area contributed by atoms with Gasteiger partial charge in [-0.05, 0) is 40.7 Å². The second-order valence-electron chi connectivity index (χ2n) is 4.76. The van der Waals surface area contributed by atoms with Gasteiger partial charge >= 0.3 is 0 Å². The summed E-state index contributed by atoms with van der Waals surface area (Å²) in [5, 5.41) is 5.40. The molecule has 3 rings (SSSR count). The number of likely N-dealkylation sites (N-methyl/N-ethyl adjacent to an activating group) is 1. The number of nitrogens with one attached hydrogen (secondary N) is 1. The van der Waals surface area contributed by atoms with Gasteiger partial charge in [0.15, 0.2) is 4.96 Å². The fraction of sp³-hybridized carbons (Fsp3) is 0.267. The normalized spacial score (nSPS) is 12.7. The fourth-order valence-corrected chi connectivity index (χ4v) is 3.65. The highest BCUT2D eigenvalue weighted by Gasteiger charge is 2.14. The summed E-state index contributed by atoms with van der Waals surface area (Å²) in [6, 6.07) is 6.38. The van der Waals surface area contributed by atoms with Gasteiger partial charge in [-0.25, -0.2) is 4.98 Å².